The maximum absolute atomic E-state index is 6.05. The molecule has 113 valence electrons. The summed E-state index contributed by atoms with van der Waals surface area (Å²) in [6.07, 6.45) is 8.71. The van der Waals surface area contributed by atoms with Crippen LogP contribution in [0.3, 0.4) is 0 Å². The van der Waals surface area contributed by atoms with Crippen LogP contribution in [0.4, 0.5) is 0 Å². The van der Waals surface area contributed by atoms with Gasteiger partial charge in [0, 0.05) is 0 Å². The molecule has 1 aliphatic carbocycles. The van der Waals surface area contributed by atoms with Crippen molar-refractivity contribution in [2.24, 2.45) is 5.41 Å². The Labute approximate surface area is 158 Å². The molecule has 1 nitrogen and oxygen atoms in total. The van der Waals surface area contributed by atoms with Gasteiger partial charge in [0.1, 0.15) is 10.5 Å². The molecule has 0 fully saturated rings. The molecule has 1 aromatic carbocycles. The molecule has 0 N–H and O–H groups in total. The smallest absolute Gasteiger partial charge is 1.00 e. The zero-order chi connectivity index (χ0) is 13.2. The third-order valence-electron chi connectivity index (χ3n) is 4.29. The minimum Gasteiger partial charge on any atom is -1.00 e. The van der Waals surface area contributed by atoms with Gasteiger partial charge in [0.2, 0.25) is 0 Å². The van der Waals surface area contributed by atoms with Gasteiger partial charge in [-0.25, -0.2) is 11.6 Å². The average molecular weight is 376 g/mol. The summed E-state index contributed by atoms with van der Waals surface area (Å²) in [6.45, 7) is 6.68. The van der Waals surface area contributed by atoms with Crippen LogP contribution in [-0.2, 0) is 31.7 Å². The van der Waals surface area contributed by atoms with Gasteiger partial charge in [-0.3, -0.25) is 6.08 Å². The van der Waals surface area contributed by atoms with Crippen LogP contribution in [0.25, 0.3) is 0 Å². The van der Waals surface area contributed by atoms with Crippen LogP contribution in [0.5, 0.6) is 0 Å². The Morgan fingerprint density at radius 2 is 1.67 bits per heavy atom. The molecule has 0 heterocycles. The van der Waals surface area contributed by atoms with Gasteiger partial charge in [-0.15, -0.1) is 6.42 Å². The SMILES string of the molecule is CC(C)(C1=[C-]CC=C1)C(C)(O[SiH3])c1ccccc1.[Cl-].[Cl-].[Ti+3]. The van der Waals surface area contributed by atoms with Gasteiger partial charge < -0.3 is 29.2 Å². The maximum atomic E-state index is 6.05. The number of halogens is 2. The van der Waals surface area contributed by atoms with Gasteiger partial charge in [0.25, 0.3) is 0 Å². The van der Waals surface area contributed by atoms with E-state index in [1.165, 1.54) is 11.1 Å². The molecule has 0 saturated carbocycles. The van der Waals surface area contributed by atoms with E-state index >= 15 is 0 Å². The van der Waals surface area contributed by atoms with Crippen LogP contribution in [0.1, 0.15) is 32.8 Å². The molecule has 21 heavy (non-hydrogen) atoms. The quantitative estimate of drug-likeness (QED) is 0.400. The average Bonchev–Trinajstić information content (AvgIpc) is 2.93. The van der Waals surface area contributed by atoms with E-state index in [2.05, 4.69) is 63.3 Å². The first-order valence-corrected chi connectivity index (χ1v) is 7.22. The number of allylic oxidation sites excluding steroid dienone is 3. The van der Waals surface area contributed by atoms with Crippen molar-refractivity contribution in [1.29, 1.82) is 0 Å². The topological polar surface area (TPSA) is 9.23 Å². The maximum Gasteiger partial charge on any atom is 3.00 e. The second-order valence-electron chi connectivity index (χ2n) is 5.43. The zero-order valence-electron chi connectivity index (χ0n) is 12.9. The van der Waals surface area contributed by atoms with Gasteiger partial charge in [-0.2, -0.15) is 6.08 Å². The van der Waals surface area contributed by atoms with E-state index in [0.717, 1.165) is 16.9 Å². The van der Waals surface area contributed by atoms with Gasteiger partial charge in [0.05, 0.1) is 5.60 Å². The summed E-state index contributed by atoms with van der Waals surface area (Å²) in [6, 6.07) is 10.5. The number of rotatable bonds is 4. The van der Waals surface area contributed by atoms with E-state index < -0.39 is 0 Å². The number of benzene rings is 1. The molecule has 0 spiro atoms. The fourth-order valence-electron chi connectivity index (χ4n) is 2.58. The monoisotopic (exact) mass is 375 g/mol. The fourth-order valence-corrected chi connectivity index (χ4v) is 3.33. The van der Waals surface area contributed by atoms with E-state index in [4.69, 9.17) is 4.43 Å². The Morgan fingerprint density at radius 3 is 2.10 bits per heavy atom. The molecule has 0 bridgehead atoms. The van der Waals surface area contributed by atoms with Gasteiger partial charge >= 0.3 is 21.7 Å². The van der Waals surface area contributed by atoms with E-state index in [0.29, 0.717) is 0 Å². The van der Waals surface area contributed by atoms with Gasteiger partial charge in [-0.1, -0.05) is 44.2 Å². The van der Waals surface area contributed by atoms with Crippen LogP contribution >= 0.6 is 0 Å². The zero-order valence-corrected chi connectivity index (χ0v) is 18.0. The van der Waals surface area contributed by atoms with Crippen molar-refractivity contribution in [3.05, 3.63) is 59.7 Å². The first-order valence-electron chi connectivity index (χ1n) is 6.41. The second kappa shape index (κ2) is 9.34. The Morgan fingerprint density at radius 1 is 1.10 bits per heavy atom. The van der Waals surface area contributed by atoms with Crippen LogP contribution in [0.15, 0.2) is 48.1 Å². The molecule has 5 heteroatoms. The summed E-state index contributed by atoms with van der Waals surface area (Å²) in [5, 5.41) is 0. The van der Waals surface area contributed by atoms with Crippen LogP contribution in [-0.4, -0.2) is 10.5 Å². The number of hydrogen-bond acceptors (Lipinski definition) is 1. The molecular formula is C16H21Cl2OSiTi. The summed E-state index contributed by atoms with van der Waals surface area (Å²) in [4.78, 5) is 0. The molecular weight excluding hydrogens is 355 g/mol. The van der Waals surface area contributed by atoms with Crippen molar-refractivity contribution in [3.8, 4) is 0 Å². The van der Waals surface area contributed by atoms with Crippen molar-refractivity contribution in [2.75, 3.05) is 0 Å². The molecule has 1 aliphatic rings. The third kappa shape index (κ3) is 4.34. The normalized spacial score (nSPS) is 16.0. The summed E-state index contributed by atoms with van der Waals surface area (Å²) in [7, 11) is 0.718. The summed E-state index contributed by atoms with van der Waals surface area (Å²) >= 11 is 0. The standard InChI is InChI=1S/C16H21OSi.2ClH.Ti/c1-15(2,13-9-7-8-10-13)16(3,17-18)14-11-5-4-6-12-14;;;/h4-7,9,11-12H,8H2,1-3,18H3;2*1H;/q-1;;;+3/p-2. The van der Waals surface area contributed by atoms with E-state index in [-0.39, 0.29) is 57.5 Å². The Kier molecular flexibility index (Phi) is 10.4. The van der Waals surface area contributed by atoms with E-state index in [9.17, 15) is 0 Å². The molecule has 1 unspecified atom stereocenters. The minimum absolute atomic E-state index is 0. The molecule has 1 radical (unpaired) electrons. The Balaban J connectivity index is 0. The van der Waals surface area contributed by atoms with Crippen molar-refractivity contribution in [2.45, 2.75) is 32.8 Å². The predicted octanol–water partition coefficient (Wildman–Crippen LogP) is -3.08. The largest absolute Gasteiger partial charge is 3.00 e. The molecule has 2 rings (SSSR count). The third-order valence-corrected chi connectivity index (χ3v) is 5.11. The molecule has 1 atom stereocenters. The predicted molar refractivity (Wildman–Crippen MR) is 79.1 cm³/mol. The van der Waals surface area contributed by atoms with E-state index in [1.54, 1.807) is 0 Å². The first kappa shape index (κ1) is 23.4. The molecule has 0 aliphatic heterocycles. The van der Waals surface area contributed by atoms with Crippen LogP contribution in [0, 0.1) is 11.5 Å². The van der Waals surface area contributed by atoms with Gasteiger partial charge in [0.15, 0.2) is 0 Å². The Bertz CT molecular complexity index is 488. The van der Waals surface area contributed by atoms with Crippen LogP contribution < -0.4 is 24.8 Å². The number of hydrogen-bond donors (Lipinski definition) is 0. The first-order chi connectivity index (χ1) is 8.52. The molecule has 0 aromatic heterocycles. The summed E-state index contributed by atoms with van der Waals surface area (Å²) < 4.78 is 6.05. The second-order valence-corrected chi connectivity index (χ2v) is 5.83. The van der Waals surface area contributed by atoms with Gasteiger partial charge in [-0.05, 0) is 17.9 Å². The Hall–Kier alpha value is 0.171. The van der Waals surface area contributed by atoms with Crippen molar-refractivity contribution in [3.63, 3.8) is 0 Å². The van der Waals surface area contributed by atoms with Crippen molar-refractivity contribution in [1.82, 2.24) is 0 Å². The van der Waals surface area contributed by atoms with Crippen molar-refractivity contribution >= 4 is 10.5 Å². The van der Waals surface area contributed by atoms with Crippen molar-refractivity contribution < 1.29 is 51.0 Å². The van der Waals surface area contributed by atoms with E-state index in [1.807, 2.05) is 6.07 Å². The molecule has 1 aromatic rings. The minimum atomic E-state index is -0.294. The fraction of sp³-hybridized carbons (Fsp3) is 0.375. The van der Waals surface area contributed by atoms with Crippen LogP contribution in [0.2, 0.25) is 0 Å². The summed E-state index contributed by atoms with van der Waals surface area (Å²) in [5.74, 6) is 0. The molecule has 0 saturated heterocycles. The molecule has 0 amide bonds. The summed E-state index contributed by atoms with van der Waals surface area (Å²) in [5.41, 5.74) is 2.12.